The van der Waals surface area contributed by atoms with Crippen molar-refractivity contribution in [3.05, 3.63) is 0 Å². The van der Waals surface area contributed by atoms with Crippen LogP contribution in [0.25, 0.3) is 0 Å². The Bertz CT molecular complexity index is 453. The van der Waals surface area contributed by atoms with Crippen LogP contribution < -0.4 is 0 Å². The Morgan fingerprint density at radius 1 is 1.45 bits per heavy atom. The summed E-state index contributed by atoms with van der Waals surface area (Å²) < 4.78 is 6.99. The molecule has 5 nitrogen and oxygen atoms in total. The molecular formula is C14H22N2O3P+. The summed E-state index contributed by atoms with van der Waals surface area (Å²) in [7, 11) is 1.30. The molecule has 0 saturated carbocycles. The highest BCUT2D eigenvalue weighted by Crippen LogP contribution is 2.41. The number of Topliss-reactive ketones (excluding diaryl/α,β-unsaturated/α-hetero) is 1. The van der Waals surface area contributed by atoms with E-state index in [2.05, 4.69) is 15.2 Å². The molecule has 20 heavy (non-hydrogen) atoms. The fourth-order valence-corrected chi connectivity index (χ4v) is 4.23. The zero-order chi connectivity index (χ0) is 14.7. The van der Waals surface area contributed by atoms with Crippen LogP contribution in [0.3, 0.4) is 0 Å². The van der Waals surface area contributed by atoms with E-state index in [4.69, 9.17) is 5.41 Å². The third-order valence-corrected chi connectivity index (χ3v) is 5.89. The first-order chi connectivity index (χ1) is 9.52. The normalized spacial score (nSPS) is 22.8. The summed E-state index contributed by atoms with van der Waals surface area (Å²) in [6, 6.07) is 0. The summed E-state index contributed by atoms with van der Waals surface area (Å²) in [6.07, 6.45) is 4.30. The first kappa shape index (κ1) is 15.3. The van der Waals surface area contributed by atoms with Crippen molar-refractivity contribution in [1.82, 2.24) is 4.67 Å². The van der Waals surface area contributed by atoms with Crippen LogP contribution in [0, 0.1) is 17.2 Å². The highest BCUT2D eigenvalue weighted by atomic mass is 31.1. The van der Waals surface area contributed by atoms with Gasteiger partial charge in [0.05, 0.1) is 7.11 Å². The van der Waals surface area contributed by atoms with Crippen LogP contribution in [0.5, 0.6) is 0 Å². The zero-order valence-corrected chi connectivity index (χ0v) is 13.0. The van der Waals surface area contributed by atoms with Gasteiger partial charge in [-0.05, 0) is 25.2 Å². The Kier molecular flexibility index (Phi) is 5.06. The van der Waals surface area contributed by atoms with E-state index in [1.54, 1.807) is 0 Å². The van der Waals surface area contributed by atoms with E-state index in [1.165, 1.54) is 13.3 Å². The number of carbonyl (C=O) groups excluding carboxylic acids is 2. The largest absolute Gasteiger partial charge is 0.464 e. The highest BCUT2D eigenvalue weighted by Gasteiger charge is 2.36. The molecule has 0 radical (unpaired) electrons. The Hall–Kier alpha value is -1.06. The van der Waals surface area contributed by atoms with Crippen molar-refractivity contribution in [2.24, 2.45) is 11.8 Å². The van der Waals surface area contributed by atoms with E-state index < -0.39 is 11.7 Å². The van der Waals surface area contributed by atoms with Crippen molar-refractivity contribution in [1.29, 1.82) is 5.41 Å². The second-order valence-corrected chi connectivity index (χ2v) is 7.74. The molecule has 1 N–H and O–H groups in total. The lowest BCUT2D eigenvalue weighted by atomic mass is 9.85. The van der Waals surface area contributed by atoms with Crippen LogP contribution in [0.1, 0.15) is 26.2 Å². The second-order valence-electron chi connectivity index (χ2n) is 5.57. The maximum atomic E-state index is 12.0. The molecule has 2 aliphatic heterocycles. The van der Waals surface area contributed by atoms with Crippen LogP contribution in [0.2, 0.25) is 0 Å². The van der Waals surface area contributed by atoms with Gasteiger partial charge in [-0.2, -0.15) is 0 Å². The standard InChI is InChI=1S/C14H22N2O3P/c1-10(13(17)12(15)14(18)19-2)9-11-3-5-16(6-4-11)20-7-8-20/h7,10-11,15H,3-6,8-9H2,1-2H3/q+1. The monoisotopic (exact) mass is 297 g/mol. The average molecular weight is 297 g/mol. The maximum Gasteiger partial charge on any atom is 0.359 e. The molecule has 0 aromatic carbocycles. The number of hydrogen-bond donors (Lipinski definition) is 1. The smallest absolute Gasteiger partial charge is 0.359 e. The summed E-state index contributed by atoms with van der Waals surface area (Å²) in [5, 5.41) is 7.51. The van der Waals surface area contributed by atoms with E-state index in [1.807, 2.05) is 6.92 Å². The number of piperidine rings is 1. The molecule has 1 saturated heterocycles. The molecule has 0 amide bonds. The number of nitrogens with zero attached hydrogens (tertiary/aromatic N) is 1. The van der Waals surface area contributed by atoms with Crippen LogP contribution in [-0.4, -0.2) is 54.3 Å². The minimum Gasteiger partial charge on any atom is -0.464 e. The van der Waals surface area contributed by atoms with Gasteiger partial charge in [0.15, 0.2) is 31.1 Å². The lowest BCUT2D eigenvalue weighted by Gasteiger charge is -2.27. The maximum absolute atomic E-state index is 12.0. The minimum atomic E-state index is -0.830. The number of rotatable bonds is 6. The van der Waals surface area contributed by atoms with Gasteiger partial charge < -0.3 is 4.74 Å². The summed E-state index contributed by atoms with van der Waals surface area (Å²) >= 11 is 0. The molecule has 0 spiro atoms. The Balaban J connectivity index is 1.78. The molecular weight excluding hydrogens is 275 g/mol. The number of ketones is 1. The van der Waals surface area contributed by atoms with Gasteiger partial charge in [0.25, 0.3) is 0 Å². The highest BCUT2D eigenvalue weighted by molar-refractivity contribution is 7.65. The number of esters is 1. The van der Waals surface area contributed by atoms with Gasteiger partial charge >= 0.3 is 5.97 Å². The Morgan fingerprint density at radius 2 is 2.05 bits per heavy atom. The van der Waals surface area contributed by atoms with Gasteiger partial charge in [-0.25, -0.2) is 4.79 Å². The van der Waals surface area contributed by atoms with Crippen LogP contribution in [0.15, 0.2) is 0 Å². The fraction of sp³-hybridized carbons (Fsp3) is 0.714. The summed E-state index contributed by atoms with van der Waals surface area (Å²) in [4.78, 5) is 23.2. The molecule has 0 aromatic rings. The van der Waals surface area contributed by atoms with Crippen LogP contribution in [0.4, 0.5) is 0 Å². The molecule has 2 aliphatic rings. The molecule has 0 aliphatic carbocycles. The number of methoxy groups -OCH3 is 1. The van der Waals surface area contributed by atoms with Crippen molar-refractivity contribution in [2.75, 3.05) is 26.4 Å². The van der Waals surface area contributed by atoms with E-state index in [9.17, 15) is 9.59 Å². The van der Waals surface area contributed by atoms with Gasteiger partial charge in [-0.15, -0.1) is 4.67 Å². The molecule has 2 unspecified atom stereocenters. The number of ether oxygens (including phenoxy) is 1. The molecule has 2 rings (SSSR count). The van der Waals surface area contributed by atoms with E-state index in [0.29, 0.717) is 5.92 Å². The molecule has 1 fully saturated rings. The lowest BCUT2D eigenvalue weighted by molar-refractivity contribution is -0.134. The minimum absolute atomic E-state index is 0.104. The van der Waals surface area contributed by atoms with Gasteiger partial charge in [0.1, 0.15) is 0 Å². The molecule has 110 valence electrons. The summed E-state index contributed by atoms with van der Waals surface area (Å²) in [5.41, 5.74) is -0.520. The van der Waals surface area contributed by atoms with Crippen molar-refractivity contribution in [2.45, 2.75) is 26.2 Å². The molecule has 0 bridgehead atoms. The average Bonchev–Trinajstić information content (AvgIpc) is 3.30. The third-order valence-electron chi connectivity index (χ3n) is 4.07. The van der Waals surface area contributed by atoms with Gasteiger partial charge in [0, 0.05) is 19.0 Å². The quantitative estimate of drug-likeness (QED) is 0.350. The topological polar surface area (TPSA) is 70.5 Å². The molecule has 6 heteroatoms. The fourth-order valence-electron chi connectivity index (χ4n) is 2.74. The Morgan fingerprint density at radius 3 is 2.55 bits per heavy atom. The van der Waals surface area contributed by atoms with Crippen molar-refractivity contribution >= 4 is 31.0 Å². The molecule has 2 heterocycles. The van der Waals surface area contributed by atoms with Gasteiger partial charge in [0.2, 0.25) is 0 Å². The predicted molar refractivity (Wildman–Crippen MR) is 80.7 cm³/mol. The van der Waals surface area contributed by atoms with Crippen LogP contribution in [-0.2, 0) is 14.3 Å². The SMILES string of the molecule is COC(=O)C(=N)C(=O)C(C)CC1CCN([P+]2=CC2)CC1. The lowest BCUT2D eigenvalue weighted by Crippen LogP contribution is -2.33. The van der Waals surface area contributed by atoms with Gasteiger partial charge in [-0.1, -0.05) is 6.92 Å². The number of hydrogen-bond acceptors (Lipinski definition) is 5. The number of carbonyl (C=O) groups is 2. The van der Waals surface area contributed by atoms with Crippen LogP contribution >= 0.6 is 7.70 Å². The summed E-state index contributed by atoms with van der Waals surface area (Å²) in [6.45, 7) is 4.06. The Labute approximate surface area is 120 Å². The van der Waals surface area contributed by atoms with E-state index in [-0.39, 0.29) is 19.4 Å². The molecule has 0 aromatic heterocycles. The number of nitrogens with one attached hydrogen (secondary N) is 1. The van der Waals surface area contributed by atoms with Crippen molar-refractivity contribution < 1.29 is 14.3 Å². The van der Waals surface area contributed by atoms with E-state index >= 15 is 0 Å². The van der Waals surface area contributed by atoms with Gasteiger partial charge in [-0.3, -0.25) is 10.2 Å². The van der Waals surface area contributed by atoms with E-state index in [0.717, 1.165) is 32.4 Å². The second kappa shape index (κ2) is 6.59. The molecule has 2 atom stereocenters. The first-order valence-electron chi connectivity index (χ1n) is 7.08. The van der Waals surface area contributed by atoms with Crippen molar-refractivity contribution in [3.63, 3.8) is 0 Å². The predicted octanol–water partition coefficient (Wildman–Crippen LogP) is 1.70. The first-order valence-corrected chi connectivity index (χ1v) is 8.63. The van der Waals surface area contributed by atoms with Crippen molar-refractivity contribution in [3.8, 4) is 0 Å². The zero-order valence-electron chi connectivity index (χ0n) is 12.1. The third kappa shape index (κ3) is 3.74. The summed E-state index contributed by atoms with van der Waals surface area (Å²) in [5.74, 6) is 1.43.